The van der Waals surface area contributed by atoms with Crippen molar-refractivity contribution in [3.8, 4) is 0 Å². The number of benzene rings is 2. The van der Waals surface area contributed by atoms with Crippen LogP contribution in [0, 0.1) is 6.92 Å². The summed E-state index contributed by atoms with van der Waals surface area (Å²) in [6.45, 7) is 5.84. The van der Waals surface area contributed by atoms with Gasteiger partial charge in [0.05, 0.1) is 11.9 Å². The van der Waals surface area contributed by atoms with E-state index in [0.29, 0.717) is 18.7 Å². The Bertz CT molecular complexity index is 1040. The topological polar surface area (TPSA) is 86.8 Å². The van der Waals surface area contributed by atoms with Crippen molar-refractivity contribution in [3.63, 3.8) is 0 Å². The van der Waals surface area contributed by atoms with E-state index in [1.54, 1.807) is 24.3 Å². The SMILES string of the molecule is CCNC(=O)[C@@H](CC)N(Cc1ccccc1C)C(=O)CN(c1ccc(Br)cc1)S(C)(=O)=O. The maximum atomic E-state index is 13.5. The lowest BCUT2D eigenvalue weighted by Crippen LogP contribution is -2.52. The molecule has 9 heteroatoms. The summed E-state index contributed by atoms with van der Waals surface area (Å²) in [5.74, 6) is -0.703. The minimum Gasteiger partial charge on any atom is -0.355 e. The summed E-state index contributed by atoms with van der Waals surface area (Å²) in [6.07, 6.45) is 1.47. The number of hydrogen-bond donors (Lipinski definition) is 1. The fraction of sp³-hybridized carbons (Fsp3) is 0.391. The van der Waals surface area contributed by atoms with Gasteiger partial charge in [-0.05, 0) is 55.7 Å². The van der Waals surface area contributed by atoms with Crippen LogP contribution in [-0.2, 0) is 26.2 Å². The predicted octanol–water partition coefficient (Wildman–Crippen LogP) is 3.47. The number of carbonyl (C=O) groups excluding carboxylic acids is 2. The molecule has 0 unspecified atom stereocenters. The summed E-state index contributed by atoms with van der Waals surface area (Å²) < 4.78 is 26.9. The van der Waals surface area contributed by atoms with E-state index < -0.39 is 28.5 Å². The minimum absolute atomic E-state index is 0.207. The number of anilines is 1. The molecule has 1 atom stereocenters. The zero-order chi connectivity index (χ0) is 23.9. The van der Waals surface area contributed by atoms with Crippen LogP contribution >= 0.6 is 15.9 Å². The summed E-state index contributed by atoms with van der Waals surface area (Å²) in [4.78, 5) is 27.7. The number of aryl methyl sites for hydroxylation is 1. The third-order valence-corrected chi connectivity index (χ3v) is 6.80. The van der Waals surface area contributed by atoms with Crippen LogP contribution in [0.5, 0.6) is 0 Å². The number of sulfonamides is 1. The van der Waals surface area contributed by atoms with E-state index in [9.17, 15) is 18.0 Å². The molecule has 2 amide bonds. The van der Waals surface area contributed by atoms with Gasteiger partial charge in [0.1, 0.15) is 12.6 Å². The van der Waals surface area contributed by atoms with Gasteiger partial charge in [-0.1, -0.05) is 47.1 Å². The van der Waals surface area contributed by atoms with Crippen molar-refractivity contribution in [2.24, 2.45) is 0 Å². The van der Waals surface area contributed by atoms with E-state index in [-0.39, 0.29) is 12.5 Å². The molecule has 0 aliphatic carbocycles. The molecule has 0 aliphatic rings. The molecule has 1 N–H and O–H groups in total. The van der Waals surface area contributed by atoms with Gasteiger partial charge in [-0.2, -0.15) is 0 Å². The molecule has 2 aromatic rings. The van der Waals surface area contributed by atoms with E-state index in [0.717, 1.165) is 26.2 Å². The second-order valence-electron chi connectivity index (χ2n) is 7.51. The monoisotopic (exact) mass is 523 g/mol. The molecule has 0 heterocycles. The molecule has 0 saturated carbocycles. The lowest BCUT2D eigenvalue weighted by Gasteiger charge is -2.33. The summed E-state index contributed by atoms with van der Waals surface area (Å²) in [5, 5.41) is 2.78. The van der Waals surface area contributed by atoms with Crippen molar-refractivity contribution in [1.82, 2.24) is 10.2 Å². The highest BCUT2D eigenvalue weighted by molar-refractivity contribution is 9.10. The number of hydrogen-bond acceptors (Lipinski definition) is 4. The maximum absolute atomic E-state index is 13.5. The van der Waals surface area contributed by atoms with Crippen LogP contribution in [0.1, 0.15) is 31.4 Å². The van der Waals surface area contributed by atoms with Gasteiger partial charge < -0.3 is 10.2 Å². The molecule has 0 aromatic heterocycles. The van der Waals surface area contributed by atoms with E-state index in [1.165, 1.54) is 4.90 Å². The smallest absolute Gasteiger partial charge is 0.244 e. The zero-order valence-corrected chi connectivity index (χ0v) is 21.2. The molecule has 0 fully saturated rings. The van der Waals surface area contributed by atoms with Gasteiger partial charge in [0.15, 0.2) is 0 Å². The van der Waals surface area contributed by atoms with E-state index >= 15 is 0 Å². The zero-order valence-electron chi connectivity index (χ0n) is 18.8. The molecular formula is C23H30BrN3O4S. The Labute approximate surface area is 199 Å². The van der Waals surface area contributed by atoms with Gasteiger partial charge in [0, 0.05) is 17.6 Å². The average Bonchev–Trinajstić information content (AvgIpc) is 2.73. The van der Waals surface area contributed by atoms with Gasteiger partial charge in [-0.3, -0.25) is 13.9 Å². The highest BCUT2D eigenvalue weighted by atomic mass is 79.9. The Morgan fingerprint density at radius 2 is 1.69 bits per heavy atom. The Hall–Kier alpha value is -2.39. The summed E-state index contributed by atoms with van der Waals surface area (Å²) in [7, 11) is -3.73. The first-order chi connectivity index (χ1) is 15.1. The largest absolute Gasteiger partial charge is 0.355 e. The number of likely N-dealkylation sites (N-methyl/N-ethyl adjacent to an activating group) is 1. The van der Waals surface area contributed by atoms with Gasteiger partial charge >= 0.3 is 0 Å². The van der Waals surface area contributed by atoms with E-state index in [2.05, 4.69) is 21.2 Å². The number of amides is 2. The van der Waals surface area contributed by atoms with Crippen molar-refractivity contribution in [1.29, 1.82) is 0 Å². The van der Waals surface area contributed by atoms with Crippen LogP contribution in [0.4, 0.5) is 5.69 Å². The van der Waals surface area contributed by atoms with Crippen LogP contribution in [0.3, 0.4) is 0 Å². The first-order valence-electron chi connectivity index (χ1n) is 10.4. The molecule has 0 bridgehead atoms. The first-order valence-corrected chi connectivity index (χ1v) is 13.1. The molecule has 0 aliphatic heterocycles. The fourth-order valence-electron chi connectivity index (χ4n) is 3.40. The van der Waals surface area contributed by atoms with Crippen molar-refractivity contribution in [2.45, 2.75) is 39.8 Å². The Kier molecular flexibility index (Phi) is 9.27. The van der Waals surface area contributed by atoms with Crippen molar-refractivity contribution in [3.05, 3.63) is 64.1 Å². The Balaban J connectivity index is 2.43. The number of rotatable bonds is 10. The standard InChI is InChI=1S/C23H30BrN3O4S/c1-5-21(23(29)25-6-2)26(15-18-10-8-7-9-17(18)3)22(28)16-27(32(4,30)31)20-13-11-19(24)12-14-20/h7-14,21H,5-6,15-16H2,1-4H3,(H,25,29)/t21-/m1/s1. The highest BCUT2D eigenvalue weighted by Gasteiger charge is 2.31. The second kappa shape index (κ2) is 11.5. The van der Waals surface area contributed by atoms with E-state index in [1.807, 2.05) is 45.0 Å². The lowest BCUT2D eigenvalue weighted by atomic mass is 10.1. The van der Waals surface area contributed by atoms with Crippen LogP contribution in [-0.4, -0.2) is 50.5 Å². The molecule has 32 heavy (non-hydrogen) atoms. The molecule has 2 rings (SSSR count). The first kappa shape index (κ1) is 25.9. The minimum atomic E-state index is -3.73. The van der Waals surface area contributed by atoms with E-state index in [4.69, 9.17) is 0 Å². The normalized spacial score (nSPS) is 12.2. The fourth-order valence-corrected chi connectivity index (χ4v) is 4.52. The quantitative estimate of drug-likeness (QED) is 0.516. The maximum Gasteiger partial charge on any atom is 0.244 e. The number of halogens is 1. The van der Waals surface area contributed by atoms with Gasteiger partial charge in [-0.25, -0.2) is 8.42 Å². The highest BCUT2D eigenvalue weighted by Crippen LogP contribution is 2.22. The summed E-state index contributed by atoms with van der Waals surface area (Å²) in [6, 6.07) is 13.6. The third kappa shape index (κ3) is 6.80. The van der Waals surface area contributed by atoms with Crippen LogP contribution in [0.15, 0.2) is 53.0 Å². The number of nitrogens with zero attached hydrogens (tertiary/aromatic N) is 2. The predicted molar refractivity (Wildman–Crippen MR) is 131 cm³/mol. The average molecular weight is 524 g/mol. The van der Waals surface area contributed by atoms with Crippen LogP contribution in [0.2, 0.25) is 0 Å². The van der Waals surface area contributed by atoms with Crippen LogP contribution < -0.4 is 9.62 Å². The summed E-state index contributed by atoms with van der Waals surface area (Å²) >= 11 is 3.33. The Morgan fingerprint density at radius 1 is 1.06 bits per heavy atom. The van der Waals surface area contributed by atoms with Crippen LogP contribution in [0.25, 0.3) is 0 Å². The molecule has 0 saturated heterocycles. The van der Waals surface area contributed by atoms with Gasteiger partial charge in [0.2, 0.25) is 21.8 Å². The lowest BCUT2D eigenvalue weighted by molar-refractivity contribution is -0.140. The van der Waals surface area contributed by atoms with Gasteiger partial charge in [-0.15, -0.1) is 0 Å². The molecule has 2 aromatic carbocycles. The van der Waals surface area contributed by atoms with Gasteiger partial charge in [0.25, 0.3) is 0 Å². The molecule has 7 nitrogen and oxygen atoms in total. The van der Waals surface area contributed by atoms with Crippen molar-refractivity contribution < 1.29 is 18.0 Å². The van der Waals surface area contributed by atoms with Crippen molar-refractivity contribution >= 4 is 43.5 Å². The van der Waals surface area contributed by atoms with Crippen molar-refractivity contribution in [2.75, 3.05) is 23.7 Å². The molecule has 174 valence electrons. The third-order valence-electron chi connectivity index (χ3n) is 5.13. The number of carbonyl (C=O) groups is 2. The molecule has 0 spiro atoms. The second-order valence-corrected chi connectivity index (χ2v) is 10.3. The molecule has 0 radical (unpaired) electrons. The molecular weight excluding hydrogens is 494 g/mol. The summed E-state index contributed by atoms with van der Waals surface area (Å²) in [5.41, 5.74) is 2.27. The number of nitrogens with one attached hydrogen (secondary N) is 1. The Morgan fingerprint density at radius 3 is 2.22 bits per heavy atom.